The van der Waals surface area contributed by atoms with Crippen molar-refractivity contribution in [2.45, 2.75) is 25.1 Å². The Labute approximate surface area is 94.4 Å². The Hall–Kier alpha value is -0.920. The first-order valence-electron chi connectivity index (χ1n) is 5.15. The number of aromatic nitrogens is 2. The Morgan fingerprint density at radius 3 is 3.20 bits per heavy atom. The summed E-state index contributed by atoms with van der Waals surface area (Å²) >= 11 is 1.96. The van der Waals surface area contributed by atoms with E-state index in [-0.39, 0.29) is 0 Å². The Morgan fingerprint density at radius 1 is 1.60 bits per heavy atom. The minimum Gasteiger partial charge on any atom is -0.330 e. The fraction of sp³-hybridized carbons (Fsp3) is 0.545. The van der Waals surface area contributed by atoms with E-state index in [0.717, 1.165) is 18.6 Å². The average Bonchev–Trinajstić information content (AvgIpc) is 2.59. The summed E-state index contributed by atoms with van der Waals surface area (Å²) in [6.07, 6.45) is 7.28. The van der Waals surface area contributed by atoms with Crippen LogP contribution in [0, 0.1) is 12.3 Å². The first kappa shape index (κ1) is 10.6. The summed E-state index contributed by atoms with van der Waals surface area (Å²) < 4.78 is 1.95. The number of terminal acetylenes is 1. The maximum Gasteiger partial charge on any atom is 0.102 e. The van der Waals surface area contributed by atoms with Gasteiger partial charge in [-0.2, -0.15) is 16.9 Å². The number of rotatable bonds is 3. The summed E-state index contributed by atoms with van der Waals surface area (Å²) in [5, 5.41) is 4.56. The van der Waals surface area contributed by atoms with Crippen molar-refractivity contribution in [1.29, 1.82) is 0 Å². The molecular weight excluding hydrogens is 206 g/mol. The number of nitrogens with zero attached hydrogens (tertiary/aromatic N) is 2. The van der Waals surface area contributed by atoms with Crippen molar-refractivity contribution < 1.29 is 0 Å². The van der Waals surface area contributed by atoms with Crippen molar-refractivity contribution in [3.8, 4) is 12.3 Å². The second-order valence-corrected chi connectivity index (χ2v) is 4.68. The first-order valence-corrected chi connectivity index (χ1v) is 6.31. The summed E-state index contributed by atoms with van der Waals surface area (Å²) in [7, 11) is 0. The van der Waals surface area contributed by atoms with Crippen molar-refractivity contribution in [3.05, 3.63) is 17.0 Å². The van der Waals surface area contributed by atoms with Crippen LogP contribution in [-0.2, 0) is 25.1 Å². The summed E-state index contributed by atoms with van der Waals surface area (Å²) in [5.41, 5.74) is 9.48. The van der Waals surface area contributed by atoms with Crippen LogP contribution in [0.4, 0.5) is 0 Å². The van der Waals surface area contributed by atoms with Gasteiger partial charge in [0, 0.05) is 29.9 Å². The lowest BCUT2D eigenvalue weighted by Crippen LogP contribution is -2.11. The number of fused-ring (bicyclic) bond motifs is 1. The van der Waals surface area contributed by atoms with Gasteiger partial charge in [0.2, 0.25) is 0 Å². The van der Waals surface area contributed by atoms with Crippen molar-refractivity contribution in [3.63, 3.8) is 0 Å². The summed E-state index contributed by atoms with van der Waals surface area (Å²) in [6.45, 7) is 1.22. The van der Waals surface area contributed by atoms with Gasteiger partial charge in [-0.15, -0.1) is 6.42 Å². The highest BCUT2D eigenvalue weighted by Crippen LogP contribution is 2.27. The van der Waals surface area contributed by atoms with Gasteiger partial charge >= 0.3 is 0 Å². The Bertz CT molecular complexity index is 389. The van der Waals surface area contributed by atoms with Crippen molar-refractivity contribution in [1.82, 2.24) is 9.78 Å². The van der Waals surface area contributed by atoms with E-state index >= 15 is 0 Å². The van der Waals surface area contributed by atoms with Crippen molar-refractivity contribution in [2.75, 3.05) is 12.3 Å². The van der Waals surface area contributed by atoms with E-state index in [1.807, 2.05) is 16.4 Å². The normalized spacial score (nSPS) is 14.7. The molecule has 0 saturated carbocycles. The zero-order chi connectivity index (χ0) is 10.7. The van der Waals surface area contributed by atoms with Crippen molar-refractivity contribution >= 4 is 11.8 Å². The minimum absolute atomic E-state index is 0.563. The number of hydrogen-bond donors (Lipinski definition) is 1. The molecule has 1 aromatic heterocycles. The van der Waals surface area contributed by atoms with Crippen molar-refractivity contribution in [2.24, 2.45) is 5.73 Å². The molecule has 2 N–H and O–H groups in total. The molecule has 0 spiro atoms. The van der Waals surface area contributed by atoms with Gasteiger partial charge in [-0.25, -0.2) is 0 Å². The predicted octanol–water partition coefficient (Wildman–Crippen LogP) is 0.807. The SMILES string of the molecule is C#CCn1nc2c(c1CCN)CSCC2. The average molecular weight is 221 g/mol. The molecule has 2 rings (SSSR count). The second-order valence-electron chi connectivity index (χ2n) is 3.57. The third-order valence-electron chi connectivity index (χ3n) is 2.60. The molecule has 80 valence electrons. The summed E-state index contributed by atoms with van der Waals surface area (Å²) in [6, 6.07) is 0. The fourth-order valence-electron chi connectivity index (χ4n) is 1.93. The monoisotopic (exact) mass is 221 g/mol. The maximum atomic E-state index is 5.62. The van der Waals surface area contributed by atoms with E-state index in [0.29, 0.717) is 13.1 Å². The third-order valence-corrected chi connectivity index (χ3v) is 3.59. The lowest BCUT2D eigenvalue weighted by Gasteiger charge is -2.10. The van der Waals surface area contributed by atoms with Crippen LogP contribution in [-0.4, -0.2) is 22.1 Å². The van der Waals surface area contributed by atoms with Crippen LogP contribution in [0.3, 0.4) is 0 Å². The van der Waals surface area contributed by atoms with Gasteiger partial charge in [0.15, 0.2) is 0 Å². The van der Waals surface area contributed by atoms with Crippen LogP contribution in [0.15, 0.2) is 0 Å². The smallest absolute Gasteiger partial charge is 0.102 e. The lowest BCUT2D eigenvalue weighted by molar-refractivity contribution is 0.656. The highest BCUT2D eigenvalue weighted by Gasteiger charge is 2.19. The molecule has 1 aliphatic rings. The van der Waals surface area contributed by atoms with Crippen LogP contribution in [0.25, 0.3) is 0 Å². The van der Waals surface area contributed by atoms with Gasteiger partial charge in [0.1, 0.15) is 6.54 Å². The van der Waals surface area contributed by atoms with E-state index < -0.39 is 0 Å². The predicted molar refractivity (Wildman–Crippen MR) is 63.7 cm³/mol. The summed E-state index contributed by atoms with van der Waals surface area (Å²) in [5.74, 6) is 4.88. The molecular formula is C11H15N3S. The minimum atomic E-state index is 0.563. The summed E-state index contributed by atoms with van der Waals surface area (Å²) in [4.78, 5) is 0. The van der Waals surface area contributed by atoms with Crippen LogP contribution >= 0.6 is 11.8 Å². The Morgan fingerprint density at radius 2 is 2.47 bits per heavy atom. The molecule has 0 fully saturated rings. The molecule has 0 bridgehead atoms. The molecule has 2 heterocycles. The molecule has 1 aromatic rings. The standard InChI is InChI=1S/C11H15N3S/c1-2-6-14-11(3-5-12)9-8-15-7-4-10(9)13-14/h1H,3-8,12H2. The Kier molecular flexibility index (Phi) is 3.34. The van der Waals surface area contributed by atoms with Crippen LogP contribution in [0.5, 0.6) is 0 Å². The van der Waals surface area contributed by atoms with Gasteiger partial charge < -0.3 is 5.73 Å². The quantitative estimate of drug-likeness (QED) is 0.768. The molecule has 0 unspecified atom stereocenters. The van der Waals surface area contributed by atoms with E-state index in [2.05, 4.69) is 11.0 Å². The number of hydrogen-bond acceptors (Lipinski definition) is 3. The molecule has 0 amide bonds. The number of thioether (sulfide) groups is 1. The van der Waals surface area contributed by atoms with Gasteiger partial charge in [0.05, 0.1) is 5.69 Å². The number of nitrogens with two attached hydrogens (primary N) is 1. The molecule has 0 aromatic carbocycles. The topological polar surface area (TPSA) is 43.8 Å². The van der Waals surface area contributed by atoms with E-state index in [1.54, 1.807) is 0 Å². The van der Waals surface area contributed by atoms with E-state index in [1.165, 1.54) is 22.7 Å². The van der Waals surface area contributed by atoms with Gasteiger partial charge in [-0.3, -0.25) is 4.68 Å². The molecule has 0 saturated heterocycles. The molecule has 15 heavy (non-hydrogen) atoms. The van der Waals surface area contributed by atoms with Crippen LogP contribution < -0.4 is 5.73 Å². The Balaban J connectivity index is 2.37. The number of aryl methyl sites for hydroxylation is 1. The second kappa shape index (κ2) is 4.73. The first-order chi connectivity index (χ1) is 7.36. The van der Waals surface area contributed by atoms with Gasteiger partial charge in [0.25, 0.3) is 0 Å². The van der Waals surface area contributed by atoms with E-state index in [4.69, 9.17) is 12.2 Å². The third kappa shape index (κ3) is 2.04. The molecule has 3 nitrogen and oxygen atoms in total. The molecule has 4 heteroatoms. The highest BCUT2D eigenvalue weighted by atomic mass is 32.2. The molecule has 0 atom stereocenters. The molecule has 0 aliphatic carbocycles. The maximum absolute atomic E-state index is 5.62. The van der Waals surface area contributed by atoms with Gasteiger partial charge in [-0.05, 0) is 12.3 Å². The molecule has 0 radical (unpaired) electrons. The van der Waals surface area contributed by atoms with Crippen LogP contribution in [0.1, 0.15) is 17.0 Å². The van der Waals surface area contributed by atoms with Crippen LogP contribution in [0.2, 0.25) is 0 Å². The largest absolute Gasteiger partial charge is 0.330 e. The fourth-order valence-corrected chi connectivity index (χ4v) is 2.95. The lowest BCUT2D eigenvalue weighted by atomic mass is 10.1. The zero-order valence-electron chi connectivity index (χ0n) is 8.70. The van der Waals surface area contributed by atoms with Gasteiger partial charge in [-0.1, -0.05) is 5.92 Å². The highest BCUT2D eigenvalue weighted by molar-refractivity contribution is 7.98. The molecule has 1 aliphatic heterocycles. The zero-order valence-corrected chi connectivity index (χ0v) is 9.52. The van der Waals surface area contributed by atoms with E-state index in [9.17, 15) is 0 Å².